The van der Waals surface area contributed by atoms with Crippen LogP contribution in [0.25, 0.3) is 6.08 Å². The van der Waals surface area contributed by atoms with Crippen LogP contribution in [0.4, 0.5) is 15.2 Å². The van der Waals surface area contributed by atoms with Crippen LogP contribution in [0.5, 0.6) is 0 Å². The van der Waals surface area contributed by atoms with E-state index in [2.05, 4.69) is 25.3 Å². The van der Waals surface area contributed by atoms with Crippen molar-refractivity contribution in [2.75, 3.05) is 16.4 Å². The van der Waals surface area contributed by atoms with Gasteiger partial charge in [-0.2, -0.15) is 9.36 Å². The first-order chi connectivity index (χ1) is 20.2. The van der Waals surface area contributed by atoms with Gasteiger partial charge in [-0.05, 0) is 61.2 Å². The molecule has 0 saturated heterocycles. The first kappa shape index (κ1) is 31.2. The molecule has 8 nitrogen and oxygen atoms in total. The summed E-state index contributed by atoms with van der Waals surface area (Å²) in [6, 6.07) is 19.3. The van der Waals surface area contributed by atoms with Gasteiger partial charge in [0.05, 0.1) is 10.3 Å². The van der Waals surface area contributed by atoms with Crippen LogP contribution in [0.1, 0.15) is 29.8 Å². The van der Waals surface area contributed by atoms with Gasteiger partial charge in [-0.25, -0.2) is 4.39 Å². The van der Waals surface area contributed by atoms with Gasteiger partial charge in [-0.15, -0.1) is 11.8 Å². The summed E-state index contributed by atoms with van der Waals surface area (Å²) in [4.78, 5) is 44.0. The molecule has 42 heavy (non-hydrogen) atoms. The molecular formula is C29H25ClFN5O3S3. The fourth-order valence-corrected chi connectivity index (χ4v) is 5.91. The monoisotopic (exact) mass is 641 g/mol. The summed E-state index contributed by atoms with van der Waals surface area (Å²) in [5.41, 5.74) is 0.467. The van der Waals surface area contributed by atoms with Gasteiger partial charge in [0.1, 0.15) is 11.5 Å². The maximum absolute atomic E-state index is 14.6. The number of hydrogen-bond donors (Lipinski definition) is 3. The molecule has 0 aliphatic carbocycles. The van der Waals surface area contributed by atoms with E-state index in [4.69, 9.17) is 11.6 Å². The number of carbonyl (C=O) groups is 3. The Morgan fingerprint density at radius 3 is 2.55 bits per heavy atom. The molecule has 4 rings (SSSR count). The lowest BCUT2D eigenvalue weighted by atomic mass is 10.1. The fraction of sp³-hybridized carbons (Fsp3) is 0.138. The number of thioether (sulfide) groups is 2. The van der Waals surface area contributed by atoms with Gasteiger partial charge in [0.15, 0.2) is 0 Å². The second-order valence-corrected chi connectivity index (χ2v) is 12.4. The number of carbonyl (C=O) groups excluding carboxylic acids is 3. The van der Waals surface area contributed by atoms with E-state index < -0.39 is 22.9 Å². The SMILES string of the molecule is CCSc1nsc(NC(=O)C(C)Sc2cccc(NC(=O)/C(=C\c3c(F)cccc3Cl)NC(=O)c3ccccc3)c2)n1. The molecule has 3 aromatic carbocycles. The fourth-order valence-electron chi connectivity index (χ4n) is 3.49. The van der Waals surface area contributed by atoms with Gasteiger partial charge < -0.3 is 10.6 Å². The molecule has 1 heterocycles. The summed E-state index contributed by atoms with van der Waals surface area (Å²) in [6.07, 6.45) is 1.19. The van der Waals surface area contributed by atoms with Crippen LogP contribution in [0.3, 0.4) is 0 Å². The summed E-state index contributed by atoms with van der Waals surface area (Å²) in [5.74, 6) is -1.31. The van der Waals surface area contributed by atoms with E-state index >= 15 is 0 Å². The highest BCUT2D eigenvalue weighted by molar-refractivity contribution is 8.00. The summed E-state index contributed by atoms with van der Waals surface area (Å²) in [6.45, 7) is 3.75. The number of hydrogen-bond acceptors (Lipinski definition) is 8. The lowest BCUT2D eigenvalue weighted by molar-refractivity contribution is -0.115. The number of aromatic nitrogens is 2. The van der Waals surface area contributed by atoms with Gasteiger partial charge in [0, 0.05) is 33.2 Å². The Balaban J connectivity index is 1.49. The van der Waals surface area contributed by atoms with Crippen LogP contribution >= 0.6 is 46.7 Å². The third-order valence-corrected chi connectivity index (χ3v) is 8.40. The standard InChI is InChI=1S/C29H25ClFN5O3S3/c1-3-40-29-35-28(42-36-29)34-25(37)17(2)41-20-12-7-11-19(15-20)32-27(39)24(16-21-22(30)13-8-14-23(21)31)33-26(38)18-9-5-4-6-10-18/h4-17H,3H2,1-2H3,(H,32,39)(H,33,38)(H,34,35,36,37)/b24-16+. The second-order valence-electron chi connectivity index (χ2n) is 8.56. The van der Waals surface area contributed by atoms with Crippen molar-refractivity contribution in [1.29, 1.82) is 0 Å². The summed E-state index contributed by atoms with van der Waals surface area (Å²) >= 11 is 10.1. The number of rotatable bonds is 11. The molecule has 0 spiro atoms. The predicted octanol–water partition coefficient (Wildman–Crippen LogP) is 6.97. The number of nitrogens with zero attached hydrogens (tertiary/aromatic N) is 2. The maximum atomic E-state index is 14.6. The predicted molar refractivity (Wildman–Crippen MR) is 169 cm³/mol. The molecule has 216 valence electrons. The number of nitrogens with one attached hydrogen (secondary N) is 3. The van der Waals surface area contributed by atoms with Gasteiger partial charge in [0.2, 0.25) is 16.2 Å². The largest absolute Gasteiger partial charge is 0.321 e. The molecule has 1 atom stereocenters. The van der Waals surface area contributed by atoms with E-state index in [1.807, 2.05) is 6.92 Å². The average Bonchev–Trinajstić information content (AvgIpc) is 3.41. The minimum atomic E-state index is -0.691. The smallest absolute Gasteiger partial charge is 0.272 e. The lowest BCUT2D eigenvalue weighted by Gasteiger charge is -2.14. The van der Waals surface area contributed by atoms with Gasteiger partial charge in [0.25, 0.3) is 11.8 Å². The molecule has 0 aliphatic heterocycles. The first-order valence-electron chi connectivity index (χ1n) is 12.6. The molecule has 1 unspecified atom stereocenters. The zero-order chi connectivity index (χ0) is 30.1. The van der Waals surface area contributed by atoms with Crippen LogP contribution in [0, 0.1) is 5.82 Å². The third kappa shape index (κ3) is 8.65. The molecule has 0 bridgehead atoms. The van der Waals surface area contributed by atoms with Crippen molar-refractivity contribution < 1.29 is 18.8 Å². The molecule has 0 fully saturated rings. The van der Waals surface area contributed by atoms with E-state index in [1.165, 1.54) is 47.8 Å². The lowest BCUT2D eigenvalue weighted by Crippen LogP contribution is -2.30. The van der Waals surface area contributed by atoms with Crippen molar-refractivity contribution in [3.8, 4) is 0 Å². The van der Waals surface area contributed by atoms with Crippen molar-refractivity contribution in [2.24, 2.45) is 0 Å². The van der Waals surface area contributed by atoms with E-state index in [9.17, 15) is 18.8 Å². The Hall–Kier alpha value is -3.71. The van der Waals surface area contributed by atoms with Crippen molar-refractivity contribution in [2.45, 2.75) is 29.1 Å². The van der Waals surface area contributed by atoms with Gasteiger partial charge in [-0.1, -0.05) is 60.6 Å². The summed E-state index contributed by atoms with van der Waals surface area (Å²) in [5, 5.41) is 8.72. The second kappa shape index (κ2) is 15.0. The topological polar surface area (TPSA) is 113 Å². The molecule has 13 heteroatoms. The van der Waals surface area contributed by atoms with Crippen molar-refractivity contribution in [1.82, 2.24) is 14.7 Å². The molecule has 3 amide bonds. The Labute approximate surface area is 259 Å². The Kier molecular flexibility index (Phi) is 11.1. The van der Waals surface area contributed by atoms with E-state index in [-0.39, 0.29) is 22.2 Å². The minimum absolute atomic E-state index is 0.0438. The number of anilines is 2. The van der Waals surface area contributed by atoms with Crippen LogP contribution in [-0.2, 0) is 9.59 Å². The minimum Gasteiger partial charge on any atom is -0.321 e. The van der Waals surface area contributed by atoms with Crippen LogP contribution in [0.2, 0.25) is 5.02 Å². The van der Waals surface area contributed by atoms with Crippen molar-refractivity contribution >= 4 is 81.3 Å². The normalized spacial score (nSPS) is 12.0. The van der Waals surface area contributed by atoms with E-state index in [1.54, 1.807) is 61.5 Å². The molecule has 0 saturated carbocycles. The highest BCUT2D eigenvalue weighted by Crippen LogP contribution is 2.28. The highest BCUT2D eigenvalue weighted by Gasteiger charge is 2.19. The average molecular weight is 642 g/mol. The zero-order valence-electron chi connectivity index (χ0n) is 22.4. The van der Waals surface area contributed by atoms with Crippen LogP contribution < -0.4 is 16.0 Å². The molecule has 0 radical (unpaired) electrons. The van der Waals surface area contributed by atoms with Crippen LogP contribution in [-0.4, -0.2) is 38.1 Å². The van der Waals surface area contributed by atoms with E-state index in [0.717, 1.165) is 17.3 Å². The number of amides is 3. The Morgan fingerprint density at radius 1 is 1.05 bits per heavy atom. The molecule has 4 aromatic rings. The number of halogens is 2. The van der Waals surface area contributed by atoms with E-state index in [0.29, 0.717) is 26.4 Å². The Morgan fingerprint density at radius 2 is 1.81 bits per heavy atom. The quantitative estimate of drug-likeness (QED) is 0.120. The molecule has 1 aromatic heterocycles. The van der Waals surface area contributed by atoms with Crippen LogP contribution in [0.15, 0.2) is 88.5 Å². The molecular weight excluding hydrogens is 617 g/mol. The highest BCUT2D eigenvalue weighted by atomic mass is 35.5. The Bertz CT molecular complexity index is 1600. The number of benzene rings is 3. The van der Waals surface area contributed by atoms with Crippen molar-refractivity contribution in [3.05, 3.63) is 100 Å². The summed E-state index contributed by atoms with van der Waals surface area (Å²) < 4.78 is 18.8. The third-order valence-electron chi connectivity index (χ3n) is 5.50. The van der Waals surface area contributed by atoms with Gasteiger partial charge >= 0.3 is 0 Å². The zero-order valence-corrected chi connectivity index (χ0v) is 25.6. The van der Waals surface area contributed by atoms with Gasteiger partial charge in [-0.3, -0.25) is 19.7 Å². The first-order valence-corrected chi connectivity index (χ1v) is 15.6. The maximum Gasteiger partial charge on any atom is 0.272 e. The molecule has 3 N–H and O–H groups in total. The molecule has 0 aliphatic rings. The summed E-state index contributed by atoms with van der Waals surface area (Å²) in [7, 11) is 0. The van der Waals surface area contributed by atoms with Crippen molar-refractivity contribution in [3.63, 3.8) is 0 Å².